The largest absolute Gasteiger partial charge is 0.497 e. The third-order valence-electron chi connectivity index (χ3n) is 6.47. The van der Waals surface area contributed by atoms with E-state index in [9.17, 15) is 9.59 Å². The van der Waals surface area contributed by atoms with E-state index in [-0.39, 0.29) is 18.1 Å². The Labute approximate surface area is 228 Å². The zero-order valence-electron chi connectivity index (χ0n) is 21.6. The van der Waals surface area contributed by atoms with E-state index < -0.39 is 0 Å². The van der Waals surface area contributed by atoms with Gasteiger partial charge in [-0.05, 0) is 47.5 Å². The molecule has 4 rings (SSSR count). The van der Waals surface area contributed by atoms with Gasteiger partial charge in [0.1, 0.15) is 5.75 Å². The maximum Gasteiger partial charge on any atom is 0.337 e. The summed E-state index contributed by atoms with van der Waals surface area (Å²) in [5.41, 5.74) is 3.18. The number of carbonyl (C=O) groups is 2. The van der Waals surface area contributed by atoms with Crippen molar-refractivity contribution in [3.05, 3.63) is 94.5 Å². The molecule has 1 aliphatic heterocycles. The van der Waals surface area contributed by atoms with Crippen LogP contribution in [0.1, 0.15) is 27.6 Å². The second kappa shape index (κ2) is 13.3. The van der Waals surface area contributed by atoms with Gasteiger partial charge in [0.2, 0.25) is 0 Å². The fourth-order valence-corrected chi connectivity index (χ4v) is 4.38. The predicted octanol–water partition coefficient (Wildman–Crippen LogP) is 5.24. The number of nitrogens with zero attached hydrogens (tertiary/aromatic N) is 2. The lowest BCUT2D eigenvalue weighted by Gasteiger charge is -2.36. The molecule has 2 amide bonds. The third-order valence-corrected chi connectivity index (χ3v) is 6.72. The number of nitrogens with one attached hydrogen (secondary N) is 1. The number of urea groups is 1. The highest BCUT2D eigenvalue weighted by Crippen LogP contribution is 2.24. The number of hydrogen-bond acceptors (Lipinski definition) is 6. The molecule has 1 heterocycles. The molecule has 0 spiro atoms. The lowest BCUT2D eigenvalue weighted by Crippen LogP contribution is -2.50. The van der Waals surface area contributed by atoms with E-state index >= 15 is 0 Å². The molecule has 0 unspecified atom stereocenters. The number of benzene rings is 3. The fraction of sp³-hybridized carbons (Fsp3) is 0.310. The highest BCUT2D eigenvalue weighted by molar-refractivity contribution is 6.30. The van der Waals surface area contributed by atoms with Gasteiger partial charge in [0.05, 0.1) is 32.5 Å². The van der Waals surface area contributed by atoms with Crippen molar-refractivity contribution < 1.29 is 23.8 Å². The Morgan fingerprint density at radius 2 is 1.66 bits per heavy atom. The van der Waals surface area contributed by atoms with Gasteiger partial charge >= 0.3 is 12.0 Å². The van der Waals surface area contributed by atoms with Crippen LogP contribution in [0.4, 0.5) is 10.5 Å². The molecule has 1 aliphatic rings. The summed E-state index contributed by atoms with van der Waals surface area (Å²) in [5.74, 6) is 0.327. The number of amides is 2. The summed E-state index contributed by atoms with van der Waals surface area (Å²) in [6.07, 6.45) is -0.190. The summed E-state index contributed by atoms with van der Waals surface area (Å²) in [7, 11) is 2.96. The summed E-state index contributed by atoms with van der Waals surface area (Å²) in [6, 6.07) is 22.1. The molecule has 1 N–H and O–H groups in total. The van der Waals surface area contributed by atoms with Crippen molar-refractivity contribution >= 4 is 29.3 Å². The number of methoxy groups -OCH3 is 2. The van der Waals surface area contributed by atoms with Gasteiger partial charge in [-0.1, -0.05) is 41.9 Å². The van der Waals surface area contributed by atoms with Gasteiger partial charge < -0.3 is 24.4 Å². The van der Waals surface area contributed by atoms with Crippen molar-refractivity contribution in [1.29, 1.82) is 0 Å². The quantitative estimate of drug-likeness (QED) is 0.376. The van der Waals surface area contributed by atoms with Crippen LogP contribution in [-0.4, -0.2) is 68.7 Å². The number of ether oxygens (including phenoxy) is 3. The van der Waals surface area contributed by atoms with Gasteiger partial charge in [-0.2, -0.15) is 0 Å². The second-order valence-corrected chi connectivity index (χ2v) is 9.43. The molecule has 200 valence electrons. The topological polar surface area (TPSA) is 80.3 Å². The Bertz CT molecular complexity index is 1210. The van der Waals surface area contributed by atoms with E-state index in [0.29, 0.717) is 48.3 Å². The van der Waals surface area contributed by atoms with Crippen LogP contribution in [0.5, 0.6) is 5.75 Å². The fourth-order valence-electron chi connectivity index (χ4n) is 4.25. The van der Waals surface area contributed by atoms with E-state index in [1.165, 1.54) is 7.11 Å². The van der Waals surface area contributed by atoms with E-state index in [1.807, 2.05) is 59.5 Å². The molecule has 38 heavy (non-hydrogen) atoms. The minimum atomic E-state index is -0.368. The molecule has 0 saturated carbocycles. The van der Waals surface area contributed by atoms with Crippen LogP contribution in [0.3, 0.4) is 0 Å². The first-order valence-electron chi connectivity index (χ1n) is 12.4. The molecule has 8 nitrogen and oxygen atoms in total. The van der Waals surface area contributed by atoms with Gasteiger partial charge in [0, 0.05) is 49.5 Å². The highest BCUT2D eigenvalue weighted by atomic mass is 35.5. The van der Waals surface area contributed by atoms with Crippen LogP contribution < -0.4 is 10.1 Å². The summed E-state index contributed by atoms with van der Waals surface area (Å²) < 4.78 is 16.4. The van der Waals surface area contributed by atoms with Crippen molar-refractivity contribution in [2.75, 3.05) is 52.3 Å². The molecule has 0 aromatic heterocycles. The minimum Gasteiger partial charge on any atom is -0.497 e. The van der Waals surface area contributed by atoms with Crippen LogP contribution in [0.2, 0.25) is 5.02 Å². The first-order chi connectivity index (χ1) is 18.4. The van der Waals surface area contributed by atoms with E-state index in [4.69, 9.17) is 25.8 Å². The molecule has 0 bridgehead atoms. The predicted molar refractivity (Wildman–Crippen MR) is 147 cm³/mol. The molecule has 1 fully saturated rings. The van der Waals surface area contributed by atoms with Crippen molar-refractivity contribution in [2.45, 2.75) is 12.7 Å². The summed E-state index contributed by atoms with van der Waals surface area (Å²) in [6.45, 7) is 3.74. The van der Waals surface area contributed by atoms with Gasteiger partial charge in [-0.25, -0.2) is 9.59 Å². The lowest BCUT2D eigenvalue weighted by molar-refractivity contribution is 0.00592. The van der Waals surface area contributed by atoms with Crippen LogP contribution in [0, 0.1) is 0 Å². The Morgan fingerprint density at radius 1 is 0.947 bits per heavy atom. The van der Waals surface area contributed by atoms with E-state index in [2.05, 4.69) is 10.2 Å². The number of anilines is 1. The molecule has 3 aromatic carbocycles. The summed E-state index contributed by atoms with van der Waals surface area (Å²) in [5, 5.41) is 3.62. The number of halogens is 1. The Morgan fingerprint density at radius 3 is 2.32 bits per heavy atom. The Hall–Kier alpha value is -3.59. The number of piperazine rings is 1. The normalized spacial score (nSPS) is 14.6. The Kier molecular flexibility index (Phi) is 9.59. The highest BCUT2D eigenvalue weighted by Gasteiger charge is 2.24. The molecule has 3 aromatic rings. The van der Waals surface area contributed by atoms with Gasteiger partial charge in [0.15, 0.2) is 0 Å². The average Bonchev–Trinajstić information content (AvgIpc) is 2.96. The first kappa shape index (κ1) is 27.4. The molecular formula is C29H32ClN3O5. The second-order valence-electron chi connectivity index (χ2n) is 8.99. The van der Waals surface area contributed by atoms with Crippen LogP contribution >= 0.6 is 11.6 Å². The summed E-state index contributed by atoms with van der Waals surface area (Å²) in [4.78, 5) is 28.6. The molecular weight excluding hydrogens is 506 g/mol. The minimum absolute atomic E-state index is 0.126. The van der Waals surface area contributed by atoms with Crippen molar-refractivity contribution in [1.82, 2.24) is 9.80 Å². The third kappa shape index (κ3) is 7.47. The average molecular weight is 538 g/mol. The zero-order valence-corrected chi connectivity index (χ0v) is 22.3. The number of carbonyl (C=O) groups excluding carboxylic acids is 2. The van der Waals surface area contributed by atoms with Crippen molar-refractivity contribution in [3.8, 4) is 5.75 Å². The zero-order chi connectivity index (χ0) is 26.9. The van der Waals surface area contributed by atoms with Crippen molar-refractivity contribution in [2.24, 2.45) is 0 Å². The first-order valence-corrected chi connectivity index (χ1v) is 12.8. The molecule has 0 aliphatic carbocycles. The Balaban J connectivity index is 1.34. The van der Waals surface area contributed by atoms with Gasteiger partial charge in [0.25, 0.3) is 0 Å². The smallest absolute Gasteiger partial charge is 0.337 e. The van der Waals surface area contributed by atoms with Gasteiger partial charge in [-0.15, -0.1) is 0 Å². The molecule has 1 atom stereocenters. The molecule has 1 saturated heterocycles. The lowest BCUT2D eigenvalue weighted by atomic mass is 10.1. The van der Waals surface area contributed by atoms with Gasteiger partial charge in [-0.3, -0.25) is 4.90 Å². The standard InChI is InChI=1S/C29H32ClN3O5/c1-36-26-5-3-4-25(18-26)31-29(35)33-16-14-32(15-17-33)19-27(22-10-12-24(30)13-11-22)38-20-21-6-8-23(9-7-21)28(34)37-2/h3-13,18,27H,14-17,19-20H2,1-2H3,(H,31,35)/t27-/m1/s1. The maximum atomic E-state index is 12.8. The van der Waals surface area contributed by atoms with E-state index in [1.54, 1.807) is 25.3 Å². The summed E-state index contributed by atoms with van der Waals surface area (Å²) >= 11 is 6.11. The van der Waals surface area contributed by atoms with Crippen LogP contribution in [0.15, 0.2) is 72.8 Å². The van der Waals surface area contributed by atoms with Crippen LogP contribution in [0.25, 0.3) is 0 Å². The van der Waals surface area contributed by atoms with Crippen LogP contribution in [-0.2, 0) is 16.1 Å². The number of esters is 1. The van der Waals surface area contributed by atoms with E-state index in [0.717, 1.165) is 24.2 Å². The van der Waals surface area contributed by atoms with Crippen molar-refractivity contribution in [3.63, 3.8) is 0 Å². The number of rotatable bonds is 9. The monoisotopic (exact) mass is 537 g/mol. The molecule has 0 radical (unpaired) electrons. The SMILES string of the molecule is COC(=O)c1ccc(CO[C@H](CN2CCN(C(=O)Nc3cccc(OC)c3)CC2)c2ccc(Cl)cc2)cc1. The maximum absolute atomic E-state index is 12.8. The molecule has 9 heteroatoms. The number of hydrogen-bond donors (Lipinski definition) is 1.